The van der Waals surface area contributed by atoms with Crippen LogP contribution in [0, 0.1) is 17.8 Å². The van der Waals surface area contributed by atoms with E-state index in [9.17, 15) is 23.5 Å². The zero-order valence-electron chi connectivity index (χ0n) is 25.1. The SMILES string of the molecule is CO.FCF.O=C(Cc1ccccc1)N1CCC(CC2CCN(c3ccc(C(=O)N4CCC(CO)C4)c(Cl)c3)CC2)CC1. The predicted molar refractivity (Wildman–Crippen MR) is 167 cm³/mol. The van der Waals surface area contributed by atoms with Crippen LogP contribution in [0.15, 0.2) is 48.5 Å². The number of anilines is 1. The summed E-state index contributed by atoms with van der Waals surface area (Å²) < 4.78 is 19.2. The van der Waals surface area contributed by atoms with Gasteiger partial charge >= 0.3 is 0 Å². The summed E-state index contributed by atoms with van der Waals surface area (Å²) in [7, 11) is 1.00. The molecule has 0 radical (unpaired) electrons. The number of aliphatic hydroxyl groups excluding tert-OH is 2. The lowest BCUT2D eigenvalue weighted by Gasteiger charge is -2.37. The van der Waals surface area contributed by atoms with Gasteiger partial charge in [-0.15, -0.1) is 0 Å². The minimum atomic E-state index is -1.75. The summed E-state index contributed by atoms with van der Waals surface area (Å²) in [5, 5.41) is 16.9. The van der Waals surface area contributed by atoms with E-state index in [0.717, 1.165) is 69.7 Å². The van der Waals surface area contributed by atoms with E-state index in [2.05, 4.69) is 9.80 Å². The highest BCUT2D eigenvalue weighted by Gasteiger charge is 2.29. The number of nitrogens with zero attached hydrogens (tertiary/aromatic N) is 3. The molecular weight excluding hydrogens is 576 g/mol. The number of hydrogen-bond acceptors (Lipinski definition) is 5. The molecule has 7 nitrogen and oxygen atoms in total. The van der Waals surface area contributed by atoms with Crippen molar-refractivity contribution >= 4 is 29.1 Å². The topological polar surface area (TPSA) is 84.3 Å². The van der Waals surface area contributed by atoms with Gasteiger partial charge < -0.3 is 24.9 Å². The zero-order chi connectivity index (χ0) is 31.2. The summed E-state index contributed by atoms with van der Waals surface area (Å²) in [6.45, 7) is 3.44. The fraction of sp³-hybridized carbons (Fsp3) is 0.576. The predicted octanol–water partition coefficient (Wildman–Crippen LogP) is 5.37. The summed E-state index contributed by atoms with van der Waals surface area (Å²) >= 11 is 6.58. The van der Waals surface area contributed by atoms with Crippen LogP contribution in [0.3, 0.4) is 0 Å². The minimum Gasteiger partial charge on any atom is -0.400 e. The van der Waals surface area contributed by atoms with Crippen LogP contribution in [0.5, 0.6) is 0 Å². The Morgan fingerprint density at radius 2 is 1.40 bits per heavy atom. The fourth-order valence-electron chi connectivity index (χ4n) is 6.41. The standard InChI is InChI=1S/C31H40ClN3O3.CH2F2.CH4O/c32-29-20-27(6-7-28(29)31(38)35-17-12-26(21-35)22-36)33-13-8-24(9-14-33)18-25-10-15-34(16-11-25)30(37)19-23-4-2-1-3-5-23;2-1-3;1-2/h1-7,20,24-26,36H,8-19,21-22H2;1H2;2H,1H3. The van der Waals surface area contributed by atoms with Crippen molar-refractivity contribution in [3.05, 3.63) is 64.7 Å². The molecule has 2 aromatic carbocycles. The van der Waals surface area contributed by atoms with Crippen LogP contribution < -0.4 is 4.90 Å². The lowest BCUT2D eigenvalue weighted by Crippen LogP contribution is -2.40. The first-order valence-electron chi connectivity index (χ1n) is 15.2. The maximum absolute atomic E-state index is 12.9. The Hall–Kier alpha value is -2.75. The average Bonchev–Trinajstić information content (AvgIpc) is 3.53. The van der Waals surface area contributed by atoms with Crippen LogP contribution >= 0.6 is 11.6 Å². The van der Waals surface area contributed by atoms with Gasteiger partial charge in [0.25, 0.3) is 5.91 Å². The summed E-state index contributed by atoms with van der Waals surface area (Å²) in [5.41, 5.74) is 2.74. The quantitative estimate of drug-likeness (QED) is 0.434. The molecule has 3 aliphatic heterocycles. The van der Waals surface area contributed by atoms with E-state index < -0.39 is 6.93 Å². The third-order valence-electron chi connectivity index (χ3n) is 8.83. The summed E-state index contributed by atoms with van der Waals surface area (Å²) in [6, 6.07) is 15.9. The largest absolute Gasteiger partial charge is 0.400 e. The highest BCUT2D eigenvalue weighted by molar-refractivity contribution is 6.34. The van der Waals surface area contributed by atoms with Crippen molar-refractivity contribution in [1.82, 2.24) is 9.80 Å². The smallest absolute Gasteiger partial charge is 0.255 e. The van der Waals surface area contributed by atoms with Gasteiger partial charge in [0.2, 0.25) is 12.8 Å². The van der Waals surface area contributed by atoms with Gasteiger partial charge in [0.05, 0.1) is 17.0 Å². The molecule has 3 fully saturated rings. The fourth-order valence-corrected chi connectivity index (χ4v) is 6.66. The molecule has 3 aliphatic rings. The van der Waals surface area contributed by atoms with Crippen LogP contribution in [-0.4, -0.2) is 91.7 Å². The third kappa shape index (κ3) is 10.2. The summed E-state index contributed by atoms with van der Waals surface area (Å²) in [4.78, 5) is 31.8. The molecule has 1 atom stereocenters. The van der Waals surface area contributed by atoms with Crippen molar-refractivity contribution in [2.24, 2.45) is 17.8 Å². The number of aliphatic hydroxyl groups is 2. The van der Waals surface area contributed by atoms with E-state index in [-0.39, 0.29) is 24.3 Å². The summed E-state index contributed by atoms with van der Waals surface area (Å²) in [5.74, 6) is 1.83. The Balaban J connectivity index is 0.000000953. The van der Waals surface area contributed by atoms with Crippen LogP contribution in [0.25, 0.3) is 0 Å². The van der Waals surface area contributed by atoms with Crippen molar-refractivity contribution in [2.75, 3.05) is 64.8 Å². The van der Waals surface area contributed by atoms with Crippen LogP contribution in [0.4, 0.5) is 14.5 Å². The van der Waals surface area contributed by atoms with E-state index in [1.54, 1.807) is 4.90 Å². The Bertz CT molecular complexity index is 1130. The second-order valence-corrected chi connectivity index (χ2v) is 11.9. The molecule has 5 rings (SSSR count). The van der Waals surface area contributed by atoms with Crippen molar-refractivity contribution in [3.8, 4) is 0 Å². The molecule has 0 saturated carbocycles. The van der Waals surface area contributed by atoms with E-state index in [1.807, 2.05) is 48.5 Å². The lowest BCUT2D eigenvalue weighted by molar-refractivity contribution is -0.131. The lowest BCUT2D eigenvalue weighted by atomic mass is 9.82. The van der Waals surface area contributed by atoms with Gasteiger partial charge in [-0.05, 0) is 74.1 Å². The maximum atomic E-state index is 12.9. The minimum absolute atomic E-state index is 0.0379. The van der Waals surface area contributed by atoms with Gasteiger partial charge in [-0.1, -0.05) is 41.9 Å². The second kappa shape index (κ2) is 18.1. The molecule has 0 spiro atoms. The Morgan fingerprint density at radius 3 is 1.95 bits per heavy atom. The maximum Gasteiger partial charge on any atom is 0.255 e. The molecule has 43 heavy (non-hydrogen) atoms. The van der Waals surface area contributed by atoms with E-state index in [1.165, 1.54) is 19.3 Å². The van der Waals surface area contributed by atoms with Crippen molar-refractivity contribution in [3.63, 3.8) is 0 Å². The average molecular weight is 622 g/mol. The number of rotatable bonds is 7. The molecule has 1 unspecified atom stereocenters. The number of carbonyl (C=O) groups excluding carboxylic acids is 2. The van der Waals surface area contributed by atoms with Crippen LogP contribution in [-0.2, 0) is 11.2 Å². The number of likely N-dealkylation sites (tertiary alicyclic amines) is 2. The van der Waals surface area contributed by atoms with Gasteiger partial charge in [0.1, 0.15) is 0 Å². The van der Waals surface area contributed by atoms with Gasteiger partial charge in [-0.25, -0.2) is 8.78 Å². The second-order valence-electron chi connectivity index (χ2n) is 11.5. The first-order valence-corrected chi connectivity index (χ1v) is 15.6. The summed E-state index contributed by atoms with van der Waals surface area (Å²) in [6.07, 6.45) is 7.17. The zero-order valence-corrected chi connectivity index (χ0v) is 25.9. The van der Waals surface area contributed by atoms with Gasteiger partial charge in [-0.3, -0.25) is 9.59 Å². The molecule has 0 aliphatic carbocycles. The molecule has 238 valence electrons. The third-order valence-corrected chi connectivity index (χ3v) is 9.14. The van der Waals surface area contributed by atoms with Crippen LogP contribution in [0.2, 0.25) is 5.02 Å². The number of piperidine rings is 2. The number of carbonyl (C=O) groups is 2. The molecule has 10 heteroatoms. The molecule has 3 heterocycles. The molecular formula is C33H46ClF2N3O4. The number of benzene rings is 2. The molecule has 2 aromatic rings. The van der Waals surface area contributed by atoms with Gasteiger partial charge in [-0.2, -0.15) is 0 Å². The van der Waals surface area contributed by atoms with Crippen molar-refractivity contribution in [2.45, 2.75) is 44.9 Å². The van der Waals surface area contributed by atoms with E-state index in [4.69, 9.17) is 16.7 Å². The number of alkyl halides is 2. The van der Waals surface area contributed by atoms with Gasteiger partial charge in [0, 0.05) is 64.6 Å². The van der Waals surface area contributed by atoms with Gasteiger partial charge in [0.15, 0.2) is 0 Å². The Labute approximate surface area is 259 Å². The first-order chi connectivity index (χ1) is 20.9. The molecule has 3 saturated heterocycles. The van der Waals surface area contributed by atoms with Crippen molar-refractivity contribution < 1.29 is 28.6 Å². The highest BCUT2D eigenvalue weighted by atomic mass is 35.5. The Kier molecular flexibility index (Phi) is 14.7. The highest BCUT2D eigenvalue weighted by Crippen LogP contribution is 2.33. The number of hydrogen-bond donors (Lipinski definition) is 2. The van der Waals surface area contributed by atoms with E-state index in [0.29, 0.717) is 36.0 Å². The number of halogens is 3. The molecule has 0 bridgehead atoms. The molecule has 2 N–H and O–H groups in total. The normalized spacial score (nSPS) is 19.3. The number of amides is 2. The van der Waals surface area contributed by atoms with E-state index >= 15 is 0 Å². The molecule has 2 amide bonds. The van der Waals surface area contributed by atoms with Crippen LogP contribution in [0.1, 0.15) is 54.4 Å². The van der Waals surface area contributed by atoms with Crippen molar-refractivity contribution in [1.29, 1.82) is 0 Å². The molecule has 0 aromatic heterocycles. The monoisotopic (exact) mass is 621 g/mol. The Morgan fingerprint density at radius 1 is 0.837 bits per heavy atom. The first kappa shape index (κ1) is 34.7.